The van der Waals surface area contributed by atoms with Gasteiger partial charge in [0.2, 0.25) is 5.95 Å². The zero-order chi connectivity index (χ0) is 14.5. The third kappa shape index (κ3) is 3.66. The van der Waals surface area contributed by atoms with Gasteiger partial charge in [-0.05, 0) is 47.5 Å². The normalized spacial score (nSPS) is 12.0. The Labute approximate surface area is 126 Å². The van der Waals surface area contributed by atoms with E-state index in [1.165, 1.54) is 12.1 Å². The van der Waals surface area contributed by atoms with Gasteiger partial charge in [0.15, 0.2) is 0 Å². The van der Waals surface area contributed by atoms with Crippen molar-refractivity contribution in [3.8, 4) is 0 Å². The average Bonchev–Trinajstić information content (AvgIpc) is 2.43. The summed E-state index contributed by atoms with van der Waals surface area (Å²) in [7, 11) is 0. The molecule has 2 N–H and O–H groups in total. The molecule has 2 aromatic rings. The predicted octanol–water partition coefficient (Wildman–Crippen LogP) is 3.98. The van der Waals surface area contributed by atoms with Gasteiger partial charge in [-0.2, -0.15) is 4.98 Å². The molecule has 2 rings (SSSR count). The van der Waals surface area contributed by atoms with Gasteiger partial charge in [-0.15, -0.1) is 0 Å². The molecule has 0 aliphatic heterocycles. The fourth-order valence-electron chi connectivity index (χ4n) is 1.75. The monoisotopic (exact) mass is 338 g/mol. The molecular weight excluding hydrogens is 323 g/mol. The largest absolute Gasteiger partial charge is 0.362 e. The minimum absolute atomic E-state index is 0.0104. The van der Waals surface area contributed by atoms with Gasteiger partial charge in [-0.1, -0.05) is 12.1 Å². The molecule has 0 saturated carbocycles. The lowest BCUT2D eigenvalue weighted by Crippen LogP contribution is -2.10. The second-order valence-electron chi connectivity index (χ2n) is 4.34. The van der Waals surface area contributed by atoms with Crippen molar-refractivity contribution in [1.29, 1.82) is 0 Å². The Morgan fingerprint density at radius 1 is 1.30 bits per heavy atom. The molecule has 0 radical (unpaired) electrons. The number of hydrogen-bond acceptors (Lipinski definition) is 4. The smallest absolute Gasteiger partial charge is 0.224 e. The number of halogens is 2. The first kappa shape index (κ1) is 14.7. The van der Waals surface area contributed by atoms with Crippen molar-refractivity contribution in [1.82, 2.24) is 9.97 Å². The highest BCUT2D eigenvalue weighted by molar-refractivity contribution is 9.10. The maximum Gasteiger partial charge on any atom is 0.224 e. The summed E-state index contributed by atoms with van der Waals surface area (Å²) in [6.45, 7) is 4.74. The van der Waals surface area contributed by atoms with E-state index >= 15 is 0 Å². The molecule has 1 aromatic carbocycles. The second kappa shape index (κ2) is 6.65. The van der Waals surface area contributed by atoms with Crippen LogP contribution in [-0.2, 0) is 0 Å². The molecule has 0 aliphatic carbocycles. The van der Waals surface area contributed by atoms with E-state index in [0.29, 0.717) is 11.8 Å². The highest BCUT2D eigenvalue weighted by Gasteiger charge is 2.10. The Morgan fingerprint density at radius 2 is 2.00 bits per heavy atom. The van der Waals surface area contributed by atoms with Crippen molar-refractivity contribution >= 4 is 27.7 Å². The summed E-state index contributed by atoms with van der Waals surface area (Å²) in [6.07, 6.45) is 1.70. The quantitative estimate of drug-likeness (QED) is 0.865. The fraction of sp³-hybridized carbons (Fsp3) is 0.286. The van der Waals surface area contributed by atoms with E-state index in [1.807, 2.05) is 13.8 Å². The Hall–Kier alpha value is -1.69. The molecule has 0 aliphatic rings. The number of hydrogen-bond donors (Lipinski definition) is 2. The van der Waals surface area contributed by atoms with Gasteiger partial charge in [-0.25, -0.2) is 9.37 Å². The van der Waals surface area contributed by atoms with E-state index in [0.717, 1.165) is 16.6 Å². The van der Waals surface area contributed by atoms with Crippen LogP contribution < -0.4 is 10.6 Å². The molecule has 0 saturated heterocycles. The average molecular weight is 339 g/mol. The van der Waals surface area contributed by atoms with Gasteiger partial charge in [0.1, 0.15) is 11.6 Å². The van der Waals surface area contributed by atoms with Crippen LogP contribution in [0.5, 0.6) is 0 Å². The third-order valence-electron chi connectivity index (χ3n) is 2.80. The summed E-state index contributed by atoms with van der Waals surface area (Å²) in [5.41, 5.74) is 0.988. The van der Waals surface area contributed by atoms with Gasteiger partial charge in [-0.3, -0.25) is 0 Å². The van der Waals surface area contributed by atoms with Gasteiger partial charge in [0.05, 0.1) is 4.47 Å². The molecule has 4 nitrogen and oxygen atoms in total. The first-order valence-electron chi connectivity index (χ1n) is 6.38. The number of benzene rings is 1. The maximum atomic E-state index is 12.9. The van der Waals surface area contributed by atoms with E-state index in [9.17, 15) is 4.39 Å². The van der Waals surface area contributed by atoms with Gasteiger partial charge in [0, 0.05) is 18.8 Å². The van der Waals surface area contributed by atoms with E-state index in [1.54, 1.807) is 18.3 Å². The molecule has 0 bridgehead atoms. The van der Waals surface area contributed by atoms with E-state index < -0.39 is 0 Å². The van der Waals surface area contributed by atoms with Gasteiger partial charge >= 0.3 is 0 Å². The lowest BCUT2D eigenvalue weighted by Gasteiger charge is -2.16. The zero-order valence-corrected chi connectivity index (χ0v) is 12.9. The standard InChI is InChI=1S/C14H16BrFN4/c1-3-17-14-18-8-12(15)13(20-14)19-9(2)10-4-6-11(16)7-5-10/h4-9H,3H2,1-2H3,(H2,17,18,19,20). The van der Waals surface area contributed by atoms with Crippen LogP contribution in [0, 0.1) is 5.82 Å². The fourth-order valence-corrected chi connectivity index (χ4v) is 2.06. The molecule has 1 heterocycles. The molecule has 0 fully saturated rings. The molecule has 0 spiro atoms. The van der Waals surface area contributed by atoms with E-state index in [2.05, 4.69) is 36.5 Å². The van der Waals surface area contributed by atoms with Crippen molar-refractivity contribution in [3.05, 3.63) is 46.3 Å². The summed E-state index contributed by atoms with van der Waals surface area (Å²) in [5.74, 6) is 1.04. The lowest BCUT2D eigenvalue weighted by molar-refractivity contribution is 0.626. The second-order valence-corrected chi connectivity index (χ2v) is 5.19. The van der Waals surface area contributed by atoms with Crippen molar-refractivity contribution in [2.24, 2.45) is 0 Å². The highest BCUT2D eigenvalue weighted by atomic mass is 79.9. The number of aromatic nitrogens is 2. The van der Waals surface area contributed by atoms with E-state index in [-0.39, 0.29) is 11.9 Å². The van der Waals surface area contributed by atoms with Crippen LogP contribution in [0.25, 0.3) is 0 Å². The summed E-state index contributed by atoms with van der Waals surface area (Å²) in [4.78, 5) is 8.55. The van der Waals surface area contributed by atoms with Crippen LogP contribution in [0.4, 0.5) is 16.2 Å². The lowest BCUT2D eigenvalue weighted by atomic mass is 10.1. The first-order valence-corrected chi connectivity index (χ1v) is 7.18. The van der Waals surface area contributed by atoms with Crippen LogP contribution in [-0.4, -0.2) is 16.5 Å². The highest BCUT2D eigenvalue weighted by Crippen LogP contribution is 2.25. The molecule has 1 atom stereocenters. The first-order chi connectivity index (χ1) is 9.60. The van der Waals surface area contributed by atoms with Gasteiger partial charge in [0.25, 0.3) is 0 Å². The molecule has 1 unspecified atom stereocenters. The van der Waals surface area contributed by atoms with Crippen molar-refractivity contribution in [3.63, 3.8) is 0 Å². The van der Waals surface area contributed by atoms with Crippen LogP contribution in [0.3, 0.4) is 0 Å². The predicted molar refractivity (Wildman–Crippen MR) is 82.3 cm³/mol. The Kier molecular flexibility index (Phi) is 4.89. The minimum atomic E-state index is -0.237. The molecule has 20 heavy (non-hydrogen) atoms. The molecule has 0 amide bonds. The number of nitrogens with one attached hydrogen (secondary N) is 2. The van der Waals surface area contributed by atoms with Crippen LogP contribution in [0.1, 0.15) is 25.5 Å². The molecule has 106 valence electrons. The summed E-state index contributed by atoms with van der Waals surface area (Å²) in [5, 5.41) is 6.35. The number of nitrogens with zero attached hydrogens (tertiary/aromatic N) is 2. The number of anilines is 2. The molecular formula is C14H16BrFN4. The SMILES string of the molecule is CCNc1ncc(Br)c(NC(C)c2ccc(F)cc2)n1. The van der Waals surface area contributed by atoms with Gasteiger partial charge < -0.3 is 10.6 Å². The maximum absolute atomic E-state index is 12.9. The van der Waals surface area contributed by atoms with Crippen molar-refractivity contribution in [2.45, 2.75) is 19.9 Å². The zero-order valence-electron chi connectivity index (χ0n) is 11.3. The summed E-state index contributed by atoms with van der Waals surface area (Å²) in [6, 6.07) is 6.43. The summed E-state index contributed by atoms with van der Waals surface area (Å²) >= 11 is 3.42. The Morgan fingerprint density at radius 3 is 2.65 bits per heavy atom. The minimum Gasteiger partial charge on any atom is -0.362 e. The Bertz CT molecular complexity index is 574. The van der Waals surface area contributed by atoms with E-state index in [4.69, 9.17) is 0 Å². The van der Waals surface area contributed by atoms with Crippen molar-refractivity contribution < 1.29 is 4.39 Å². The Balaban J connectivity index is 2.16. The number of rotatable bonds is 5. The molecule has 6 heteroatoms. The topological polar surface area (TPSA) is 49.8 Å². The van der Waals surface area contributed by atoms with Crippen molar-refractivity contribution in [2.75, 3.05) is 17.2 Å². The van der Waals surface area contributed by atoms with Crippen LogP contribution >= 0.6 is 15.9 Å². The third-order valence-corrected chi connectivity index (χ3v) is 3.38. The van der Waals surface area contributed by atoms with Crippen LogP contribution in [0.15, 0.2) is 34.9 Å². The molecule has 1 aromatic heterocycles. The summed E-state index contributed by atoms with van der Waals surface area (Å²) < 4.78 is 13.7. The van der Waals surface area contributed by atoms with Crippen LogP contribution in [0.2, 0.25) is 0 Å².